The Bertz CT molecular complexity index is 890. The molecule has 7 nitrogen and oxygen atoms in total. The summed E-state index contributed by atoms with van der Waals surface area (Å²) in [7, 11) is 0. The SMILES string of the molecule is N#C/C(=C/NCCc1ccccc1Cl)C(=O)Nc1cccc([N+](=O)[O-])c1. The van der Waals surface area contributed by atoms with Crippen molar-refractivity contribution in [1.29, 1.82) is 5.26 Å². The molecule has 0 atom stereocenters. The second kappa shape index (κ2) is 9.20. The van der Waals surface area contributed by atoms with Gasteiger partial charge >= 0.3 is 0 Å². The number of amides is 1. The first-order valence-corrected chi connectivity index (χ1v) is 8.02. The molecule has 0 aliphatic heterocycles. The van der Waals surface area contributed by atoms with Crippen molar-refractivity contribution in [2.24, 2.45) is 0 Å². The number of anilines is 1. The van der Waals surface area contributed by atoms with Gasteiger partial charge in [-0.2, -0.15) is 5.26 Å². The summed E-state index contributed by atoms with van der Waals surface area (Å²) in [5.41, 5.74) is 0.898. The highest BCUT2D eigenvalue weighted by Gasteiger charge is 2.11. The number of carbonyl (C=O) groups is 1. The molecule has 0 radical (unpaired) electrons. The van der Waals surface area contributed by atoms with Crippen molar-refractivity contribution in [3.63, 3.8) is 0 Å². The number of hydrogen-bond acceptors (Lipinski definition) is 5. The summed E-state index contributed by atoms with van der Waals surface area (Å²) in [5.74, 6) is -0.654. The van der Waals surface area contributed by atoms with Gasteiger partial charge in [0.15, 0.2) is 0 Å². The molecule has 0 saturated carbocycles. The topological polar surface area (TPSA) is 108 Å². The molecular formula is C18H15ClN4O3. The van der Waals surface area contributed by atoms with Gasteiger partial charge in [0.1, 0.15) is 11.6 Å². The Morgan fingerprint density at radius 3 is 2.73 bits per heavy atom. The second-order valence-corrected chi connectivity index (χ2v) is 5.63. The number of nitro benzene ring substituents is 1. The third-order valence-electron chi connectivity index (χ3n) is 3.42. The number of halogens is 1. The lowest BCUT2D eigenvalue weighted by Crippen LogP contribution is -2.18. The third-order valence-corrected chi connectivity index (χ3v) is 3.79. The van der Waals surface area contributed by atoms with Crippen LogP contribution in [0.4, 0.5) is 11.4 Å². The number of nitriles is 1. The average Bonchev–Trinajstić information content (AvgIpc) is 2.63. The Morgan fingerprint density at radius 2 is 2.04 bits per heavy atom. The van der Waals surface area contributed by atoms with E-state index in [0.717, 1.165) is 5.56 Å². The summed E-state index contributed by atoms with van der Waals surface area (Å²) >= 11 is 6.06. The molecule has 1 amide bonds. The number of hydrogen-bond donors (Lipinski definition) is 2. The summed E-state index contributed by atoms with van der Waals surface area (Å²) in [6, 6.07) is 14.7. The fraction of sp³-hybridized carbons (Fsp3) is 0.111. The van der Waals surface area contributed by atoms with Crippen molar-refractivity contribution in [1.82, 2.24) is 5.32 Å². The molecule has 2 aromatic rings. The fourth-order valence-electron chi connectivity index (χ4n) is 2.13. The number of nitrogens with zero attached hydrogens (tertiary/aromatic N) is 2. The van der Waals surface area contributed by atoms with Gasteiger partial charge in [0.05, 0.1) is 4.92 Å². The summed E-state index contributed by atoms with van der Waals surface area (Å²) < 4.78 is 0. The predicted octanol–water partition coefficient (Wildman–Crippen LogP) is 3.43. The molecule has 26 heavy (non-hydrogen) atoms. The lowest BCUT2D eigenvalue weighted by molar-refractivity contribution is -0.384. The minimum absolute atomic E-state index is 0.143. The molecule has 0 heterocycles. The van der Waals surface area contributed by atoms with E-state index < -0.39 is 10.8 Å². The van der Waals surface area contributed by atoms with Gasteiger partial charge in [0.2, 0.25) is 0 Å². The molecule has 2 N–H and O–H groups in total. The van der Waals surface area contributed by atoms with Crippen LogP contribution in [0.5, 0.6) is 0 Å². The minimum atomic E-state index is -0.654. The highest BCUT2D eigenvalue weighted by atomic mass is 35.5. The van der Waals surface area contributed by atoms with Crippen LogP contribution in [0.1, 0.15) is 5.56 Å². The van der Waals surface area contributed by atoms with Gasteiger partial charge in [0.25, 0.3) is 11.6 Å². The predicted molar refractivity (Wildman–Crippen MR) is 98.6 cm³/mol. The normalized spacial score (nSPS) is 10.7. The highest BCUT2D eigenvalue weighted by molar-refractivity contribution is 6.31. The van der Waals surface area contributed by atoms with Crippen LogP contribution >= 0.6 is 11.6 Å². The Balaban J connectivity index is 1.94. The van der Waals surface area contributed by atoms with Crippen molar-refractivity contribution in [2.45, 2.75) is 6.42 Å². The number of non-ortho nitro benzene ring substituents is 1. The largest absolute Gasteiger partial charge is 0.389 e. The van der Waals surface area contributed by atoms with Crippen LogP contribution in [-0.2, 0) is 11.2 Å². The zero-order valence-corrected chi connectivity index (χ0v) is 14.4. The molecule has 2 rings (SSSR count). The quantitative estimate of drug-likeness (QED) is 0.255. The Labute approximate surface area is 155 Å². The van der Waals surface area contributed by atoms with Gasteiger partial charge in [-0.05, 0) is 24.1 Å². The first-order valence-electron chi connectivity index (χ1n) is 7.64. The zero-order chi connectivity index (χ0) is 18.9. The van der Waals surface area contributed by atoms with E-state index in [2.05, 4.69) is 10.6 Å². The highest BCUT2D eigenvalue weighted by Crippen LogP contribution is 2.17. The number of nitro groups is 1. The summed E-state index contributed by atoms with van der Waals surface area (Å²) in [6.07, 6.45) is 1.94. The first kappa shape index (κ1) is 19.0. The third kappa shape index (κ3) is 5.33. The number of carbonyl (C=O) groups excluding carboxylic acids is 1. The van der Waals surface area contributed by atoms with E-state index in [-0.39, 0.29) is 16.9 Å². The second-order valence-electron chi connectivity index (χ2n) is 5.23. The molecular weight excluding hydrogens is 356 g/mol. The van der Waals surface area contributed by atoms with Gasteiger partial charge < -0.3 is 10.6 Å². The van der Waals surface area contributed by atoms with E-state index in [9.17, 15) is 14.9 Å². The van der Waals surface area contributed by atoms with Crippen LogP contribution in [0, 0.1) is 21.4 Å². The molecule has 2 aromatic carbocycles. The zero-order valence-electron chi connectivity index (χ0n) is 13.6. The van der Waals surface area contributed by atoms with Gasteiger partial charge in [-0.1, -0.05) is 35.9 Å². The maximum absolute atomic E-state index is 12.1. The van der Waals surface area contributed by atoms with E-state index in [1.807, 2.05) is 18.2 Å². The molecule has 8 heteroatoms. The standard InChI is InChI=1S/C18H15ClN4O3/c19-17-7-2-1-4-13(17)8-9-21-12-14(11-20)18(24)22-15-5-3-6-16(10-15)23(25)26/h1-7,10,12,21H,8-9H2,(H,22,24)/b14-12-. The molecule has 0 saturated heterocycles. The van der Waals surface area contributed by atoms with E-state index in [0.29, 0.717) is 18.0 Å². The molecule has 0 aliphatic carbocycles. The number of rotatable bonds is 7. The lowest BCUT2D eigenvalue weighted by atomic mass is 10.1. The molecule has 0 aliphatic rings. The summed E-state index contributed by atoms with van der Waals surface area (Å²) in [4.78, 5) is 22.3. The molecule has 0 bridgehead atoms. The van der Waals surface area contributed by atoms with Crippen molar-refractivity contribution in [2.75, 3.05) is 11.9 Å². The smallest absolute Gasteiger partial charge is 0.271 e. The molecule has 0 aromatic heterocycles. The monoisotopic (exact) mass is 370 g/mol. The molecule has 132 valence electrons. The van der Waals surface area contributed by atoms with E-state index in [4.69, 9.17) is 16.9 Å². The van der Waals surface area contributed by atoms with Crippen molar-refractivity contribution >= 4 is 28.9 Å². The van der Waals surface area contributed by atoms with Crippen molar-refractivity contribution in [3.05, 3.63) is 81.0 Å². The number of nitrogens with one attached hydrogen (secondary N) is 2. The molecule has 0 fully saturated rings. The van der Waals surface area contributed by atoms with Gasteiger partial charge in [-0.3, -0.25) is 14.9 Å². The van der Waals surface area contributed by atoms with Crippen LogP contribution in [0.3, 0.4) is 0 Å². The van der Waals surface area contributed by atoms with E-state index >= 15 is 0 Å². The summed E-state index contributed by atoms with van der Waals surface area (Å²) in [6.45, 7) is 0.485. The van der Waals surface area contributed by atoms with Crippen LogP contribution in [0.2, 0.25) is 5.02 Å². The van der Waals surface area contributed by atoms with Crippen molar-refractivity contribution in [3.8, 4) is 6.07 Å². The average molecular weight is 371 g/mol. The maximum Gasteiger partial charge on any atom is 0.271 e. The van der Waals surface area contributed by atoms with E-state index in [1.54, 1.807) is 12.1 Å². The fourth-order valence-corrected chi connectivity index (χ4v) is 2.36. The lowest BCUT2D eigenvalue weighted by Gasteiger charge is -2.06. The Kier molecular flexibility index (Phi) is 6.71. The minimum Gasteiger partial charge on any atom is -0.389 e. The van der Waals surface area contributed by atoms with Gasteiger partial charge in [0, 0.05) is 35.6 Å². The van der Waals surface area contributed by atoms with Crippen LogP contribution in [-0.4, -0.2) is 17.4 Å². The van der Waals surface area contributed by atoms with Crippen molar-refractivity contribution < 1.29 is 9.72 Å². The van der Waals surface area contributed by atoms with Gasteiger partial charge in [-0.15, -0.1) is 0 Å². The Hall–Kier alpha value is -3.37. The van der Waals surface area contributed by atoms with Crippen LogP contribution < -0.4 is 10.6 Å². The maximum atomic E-state index is 12.1. The van der Waals surface area contributed by atoms with Crippen LogP contribution in [0.25, 0.3) is 0 Å². The Morgan fingerprint density at radius 1 is 1.27 bits per heavy atom. The number of benzene rings is 2. The molecule has 0 unspecified atom stereocenters. The van der Waals surface area contributed by atoms with Crippen LogP contribution in [0.15, 0.2) is 60.3 Å². The summed E-state index contributed by atoms with van der Waals surface area (Å²) in [5, 5.41) is 25.9. The van der Waals surface area contributed by atoms with E-state index in [1.165, 1.54) is 30.5 Å². The molecule has 0 spiro atoms. The first-order chi connectivity index (χ1) is 12.5. The van der Waals surface area contributed by atoms with Gasteiger partial charge in [-0.25, -0.2) is 0 Å².